The highest BCUT2D eigenvalue weighted by Crippen LogP contribution is 2.31. The van der Waals surface area contributed by atoms with Gasteiger partial charge >= 0.3 is 6.18 Å². The molecule has 7 heteroatoms. The fourth-order valence-corrected chi connectivity index (χ4v) is 1.28. The molecule has 0 spiro atoms. The van der Waals surface area contributed by atoms with E-state index in [0.717, 1.165) is 12.1 Å². The Bertz CT molecular complexity index is 490. The zero-order valence-corrected chi connectivity index (χ0v) is 7.94. The minimum absolute atomic E-state index is 0.000301. The molecule has 2 rings (SSSR count). The van der Waals surface area contributed by atoms with E-state index in [-0.39, 0.29) is 5.69 Å². The maximum Gasteiger partial charge on any atom is 0.416 e. The first-order valence-corrected chi connectivity index (χ1v) is 4.32. The summed E-state index contributed by atoms with van der Waals surface area (Å²) in [7, 11) is 0. The molecular formula is C9H7F3N4. The van der Waals surface area contributed by atoms with Crippen LogP contribution in [0.15, 0.2) is 30.6 Å². The van der Waals surface area contributed by atoms with Crippen molar-refractivity contribution in [1.82, 2.24) is 15.0 Å². The Balaban J connectivity index is 2.46. The minimum Gasteiger partial charge on any atom is -0.397 e. The van der Waals surface area contributed by atoms with Crippen molar-refractivity contribution in [2.75, 3.05) is 5.73 Å². The van der Waals surface area contributed by atoms with Crippen molar-refractivity contribution in [2.24, 2.45) is 0 Å². The van der Waals surface area contributed by atoms with Crippen molar-refractivity contribution < 1.29 is 13.2 Å². The molecule has 0 aliphatic heterocycles. The summed E-state index contributed by atoms with van der Waals surface area (Å²) in [5, 5.41) is 7.19. The molecule has 0 radical (unpaired) electrons. The standard InChI is InChI=1S/C9H7F3N4/c10-9(11,12)6-1-2-8(7(13)5-6)16-4-3-14-15-16/h1-5H,13H2. The van der Waals surface area contributed by atoms with Crippen LogP contribution in [0.25, 0.3) is 5.69 Å². The number of hydrogen-bond acceptors (Lipinski definition) is 3. The van der Waals surface area contributed by atoms with Gasteiger partial charge in [0.2, 0.25) is 0 Å². The lowest BCUT2D eigenvalue weighted by atomic mass is 10.1. The molecule has 1 heterocycles. The van der Waals surface area contributed by atoms with E-state index < -0.39 is 11.7 Å². The van der Waals surface area contributed by atoms with Crippen LogP contribution in [0.3, 0.4) is 0 Å². The van der Waals surface area contributed by atoms with Crippen LogP contribution in [0.4, 0.5) is 18.9 Å². The summed E-state index contributed by atoms with van der Waals surface area (Å²) < 4.78 is 38.4. The first-order chi connectivity index (χ1) is 7.48. The van der Waals surface area contributed by atoms with Gasteiger partial charge in [0.15, 0.2) is 0 Å². The van der Waals surface area contributed by atoms with E-state index in [1.807, 2.05) is 0 Å². The Morgan fingerprint density at radius 3 is 2.50 bits per heavy atom. The molecule has 84 valence electrons. The summed E-state index contributed by atoms with van der Waals surface area (Å²) in [4.78, 5) is 0. The average Bonchev–Trinajstić information content (AvgIpc) is 2.69. The highest BCUT2D eigenvalue weighted by Gasteiger charge is 2.30. The molecule has 0 aliphatic rings. The molecule has 0 saturated heterocycles. The monoisotopic (exact) mass is 228 g/mol. The highest BCUT2D eigenvalue weighted by molar-refractivity contribution is 5.59. The smallest absolute Gasteiger partial charge is 0.397 e. The summed E-state index contributed by atoms with van der Waals surface area (Å²) >= 11 is 0. The zero-order chi connectivity index (χ0) is 11.8. The predicted octanol–water partition coefficient (Wildman–Crippen LogP) is 1.87. The number of hydrogen-bond donors (Lipinski definition) is 1. The van der Waals surface area contributed by atoms with Gasteiger partial charge in [-0.3, -0.25) is 0 Å². The lowest BCUT2D eigenvalue weighted by molar-refractivity contribution is -0.137. The molecule has 0 atom stereocenters. The number of benzene rings is 1. The Hall–Kier alpha value is -2.05. The molecule has 0 unspecified atom stereocenters. The van der Waals surface area contributed by atoms with Gasteiger partial charge in [0, 0.05) is 0 Å². The molecule has 0 aliphatic carbocycles. The molecule has 2 N–H and O–H groups in total. The van der Waals surface area contributed by atoms with Crippen LogP contribution in [0, 0.1) is 0 Å². The van der Waals surface area contributed by atoms with Gasteiger partial charge in [-0.2, -0.15) is 13.2 Å². The van der Waals surface area contributed by atoms with Crippen LogP contribution in [-0.4, -0.2) is 15.0 Å². The van der Waals surface area contributed by atoms with Crippen LogP contribution in [-0.2, 0) is 6.18 Å². The second kappa shape index (κ2) is 3.51. The van der Waals surface area contributed by atoms with Crippen molar-refractivity contribution in [2.45, 2.75) is 6.18 Å². The van der Waals surface area contributed by atoms with Gasteiger partial charge < -0.3 is 5.73 Å². The quantitative estimate of drug-likeness (QED) is 0.758. The predicted molar refractivity (Wildman–Crippen MR) is 50.8 cm³/mol. The van der Waals surface area contributed by atoms with Crippen LogP contribution in [0.1, 0.15) is 5.56 Å². The van der Waals surface area contributed by atoms with Crippen LogP contribution < -0.4 is 5.73 Å². The lowest BCUT2D eigenvalue weighted by Crippen LogP contribution is -2.08. The molecular weight excluding hydrogens is 221 g/mol. The summed E-state index contributed by atoms with van der Waals surface area (Å²) in [6.07, 6.45) is -1.48. The molecule has 16 heavy (non-hydrogen) atoms. The third-order valence-electron chi connectivity index (χ3n) is 2.02. The maximum absolute atomic E-state index is 12.4. The highest BCUT2D eigenvalue weighted by atomic mass is 19.4. The fraction of sp³-hybridized carbons (Fsp3) is 0.111. The van der Waals surface area contributed by atoms with Crippen molar-refractivity contribution in [3.05, 3.63) is 36.2 Å². The van der Waals surface area contributed by atoms with Crippen molar-refractivity contribution in [1.29, 1.82) is 0 Å². The molecule has 2 aromatic rings. The number of nitrogen functional groups attached to an aromatic ring is 1. The summed E-state index contributed by atoms with van der Waals surface area (Å²) in [5.74, 6) is 0. The number of nitrogens with zero attached hydrogens (tertiary/aromatic N) is 3. The Morgan fingerprint density at radius 1 is 1.25 bits per heavy atom. The first-order valence-electron chi connectivity index (χ1n) is 4.32. The third kappa shape index (κ3) is 1.83. The second-order valence-corrected chi connectivity index (χ2v) is 3.12. The number of anilines is 1. The van der Waals surface area contributed by atoms with E-state index in [1.54, 1.807) is 0 Å². The van der Waals surface area contributed by atoms with E-state index in [9.17, 15) is 13.2 Å². The first kappa shape index (κ1) is 10.5. The van der Waals surface area contributed by atoms with Crippen molar-refractivity contribution >= 4 is 5.69 Å². The van der Waals surface area contributed by atoms with Gasteiger partial charge in [-0.1, -0.05) is 5.21 Å². The van der Waals surface area contributed by atoms with Gasteiger partial charge in [-0.15, -0.1) is 5.10 Å². The molecule has 0 bridgehead atoms. The normalized spacial score (nSPS) is 11.7. The Labute approximate surface area is 88.5 Å². The zero-order valence-electron chi connectivity index (χ0n) is 7.94. The number of rotatable bonds is 1. The fourth-order valence-electron chi connectivity index (χ4n) is 1.28. The van der Waals surface area contributed by atoms with Gasteiger partial charge in [0.25, 0.3) is 0 Å². The van der Waals surface area contributed by atoms with E-state index in [1.165, 1.54) is 23.1 Å². The van der Waals surface area contributed by atoms with Gasteiger partial charge in [0.1, 0.15) is 0 Å². The summed E-state index contributed by atoms with van der Waals surface area (Å²) in [6, 6.07) is 3.08. The molecule has 4 nitrogen and oxygen atoms in total. The van der Waals surface area contributed by atoms with E-state index in [0.29, 0.717) is 5.69 Å². The van der Waals surface area contributed by atoms with Gasteiger partial charge in [-0.25, -0.2) is 4.68 Å². The molecule has 0 amide bonds. The van der Waals surface area contributed by atoms with Crippen LogP contribution in [0.2, 0.25) is 0 Å². The van der Waals surface area contributed by atoms with E-state index >= 15 is 0 Å². The van der Waals surface area contributed by atoms with E-state index in [2.05, 4.69) is 10.3 Å². The lowest BCUT2D eigenvalue weighted by Gasteiger charge is -2.10. The summed E-state index contributed by atoms with van der Waals surface area (Å²) in [5.41, 5.74) is 5.10. The number of alkyl halides is 3. The second-order valence-electron chi connectivity index (χ2n) is 3.12. The van der Waals surface area contributed by atoms with Gasteiger partial charge in [0.05, 0.1) is 29.3 Å². The van der Waals surface area contributed by atoms with Crippen LogP contribution >= 0.6 is 0 Å². The Kier molecular flexibility index (Phi) is 2.30. The van der Waals surface area contributed by atoms with E-state index in [4.69, 9.17) is 5.73 Å². The maximum atomic E-state index is 12.4. The minimum atomic E-state index is -4.39. The third-order valence-corrected chi connectivity index (χ3v) is 2.02. The average molecular weight is 228 g/mol. The number of halogens is 3. The molecule has 1 aromatic heterocycles. The number of nitrogens with two attached hydrogens (primary N) is 1. The summed E-state index contributed by atoms with van der Waals surface area (Å²) in [6.45, 7) is 0. The Morgan fingerprint density at radius 2 is 2.00 bits per heavy atom. The largest absolute Gasteiger partial charge is 0.416 e. The molecule has 0 saturated carbocycles. The van der Waals surface area contributed by atoms with Crippen molar-refractivity contribution in [3.8, 4) is 5.69 Å². The van der Waals surface area contributed by atoms with Crippen molar-refractivity contribution in [3.63, 3.8) is 0 Å². The molecule has 0 fully saturated rings. The van der Waals surface area contributed by atoms with Crippen LogP contribution in [0.5, 0.6) is 0 Å². The molecule has 1 aromatic carbocycles. The van der Waals surface area contributed by atoms with Gasteiger partial charge in [-0.05, 0) is 18.2 Å². The SMILES string of the molecule is Nc1cc(C(F)(F)F)ccc1-n1ccnn1. The number of aromatic nitrogens is 3. The topological polar surface area (TPSA) is 56.7 Å².